The molecule has 2 aromatic carbocycles. The maximum absolute atomic E-state index is 12.8. The third kappa shape index (κ3) is 6.94. The van der Waals surface area contributed by atoms with Crippen LogP contribution in [0.1, 0.15) is 18.1 Å². The second-order valence-corrected chi connectivity index (χ2v) is 7.99. The molecule has 0 fully saturated rings. The number of rotatable bonds is 8. The first-order valence-electron chi connectivity index (χ1n) is 8.83. The predicted molar refractivity (Wildman–Crippen MR) is 101 cm³/mol. The molecule has 174 valence electrons. The zero-order valence-corrected chi connectivity index (χ0v) is 17.2. The standard InChI is InChI=1S/C19H16F6N2O4S/c1-2-12-3-5-13(6-4-12)27-32(28,29)16-8-7-15(30-10-18(20,21)22)14(9-26)17(16)31-11-19(23,24)25/h3-8,27H,2,10-11H2,1H3. The SMILES string of the molecule is CCc1ccc(NS(=O)(=O)c2ccc(OCC(F)(F)F)c(C#N)c2OCC(F)(F)F)cc1. The van der Waals surface area contributed by atoms with Crippen LogP contribution in [0.15, 0.2) is 41.3 Å². The summed E-state index contributed by atoms with van der Waals surface area (Å²) in [7, 11) is -4.60. The normalized spacial score (nSPS) is 12.2. The van der Waals surface area contributed by atoms with Gasteiger partial charge in [0.25, 0.3) is 10.0 Å². The highest BCUT2D eigenvalue weighted by Gasteiger charge is 2.34. The summed E-state index contributed by atoms with van der Waals surface area (Å²) >= 11 is 0. The Morgan fingerprint density at radius 3 is 2.00 bits per heavy atom. The van der Waals surface area contributed by atoms with E-state index in [1.54, 1.807) is 12.1 Å². The Morgan fingerprint density at radius 2 is 1.50 bits per heavy atom. The molecule has 0 radical (unpaired) electrons. The van der Waals surface area contributed by atoms with Gasteiger partial charge in [-0.25, -0.2) is 8.42 Å². The van der Waals surface area contributed by atoms with Gasteiger partial charge in [-0.1, -0.05) is 19.1 Å². The van der Waals surface area contributed by atoms with Crippen LogP contribution in [0.4, 0.5) is 32.0 Å². The van der Waals surface area contributed by atoms with Gasteiger partial charge >= 0.3 is 12.4 Å². The minimum absolute atomic E-state index is 0.0693. The summed E-state index contributed by atoms with van der Waals surface area (Å²) in [5.74, 6) is -1.87. The van der Waals surface area contributed by atoms with E-state index in [4.69, 9.17) is 0 Å². The van der Waals surface area contributed by atoms with E-state index in [9.17, 15) is 40.0 Å². The van der Waals surface area contributed by atoms with Crippen LogP contribution in [-0.2, 0) is 16.4 Å². The summed E-state index contributed by atoms with van der Waals surface area (Å²) in [5, 5.41) is 9.31. The highest BCUT2D eigenvalue weighted by Crippen LogP contribution is 2.37. The lowest BCUT2D eigenvalue weighted by molar-refractivity contribution is -0.154. The van der Waals surface area contributed by atoms with Crippen LogP contribution >= 0.6 is 0 Å². The quantitative estimate of drug-likeness (QED) is 0.546. The van der Waals surface area contributed by atoms with Gasteiger partial charge in [-0.2, -0.15) is 31.6 Å². The van der Waals surface area contributed by atoms with Crippen LogP contribution in [0.3, 0.4) is 0 Å². The van der Waals surface area contributed by atoms with Gasteiger partial charge in [-0.15, -0.1) is 0 Å². The smallest absolute Gasteiger partial charge is 0.422 e. The van der Waals surface area contributed by atoms with Crippen molar-refractivity contribution in [3.8, 4) is 17.6 Å². The molecule has 0 aliphatic heterocycles. The molecule has 0 spiro atoms. The minimum atomic E-state index is -4.92. The summed E-state index contributed by atoms with van der Waals surface area (Å²) < 4.78 is 112. The number of aryl methyl sites for hydroxylation is 1. The maximum Gasteiger partial charge on any atom is 0.422 e. The Labute approximate surface area is 179 Å². The van der Waals surface area contributed by atoms with Crippen LogP contribution in [-0.4, -0.2) is 34.0 Å². The molecule has 2 rings (SSSR count). The molecule has 6 nitrogen and oxygen atoms in total. The van der Waals surface area contributed by atoms with E-state index >= 15 is 0 Å². The van der Waals surface area contributed by atoms with E-state index in [0.717, 1.165) is 11.6 Å². The van der Waals surface area contributed by atoms with E-state index < -0.39 is 57.5 Å². The van der Waals surface area contributed by atoms with Gasteiger partial charge in [0.15, 0.2) is 19.0 Å². The molecule has 0 amide bonds. The van der Waals surface area contributed by atoms with Gasteiger partial charge in [-0.05, 0) is 36.2 Å². The fourth-order valence-electron chi connectivity index (χ4n) is 2.46. The molecule has 0 atom stereocenters. The number of hydrogen-bond donors (Lipinski definition) is 1. The molecule has 0 aliphatic rings. The molecular weight excluding hydrogens is 466 g/mol. The number of sulfonamides is 1. The molecule has 0 saturated carbocycles. The van der Waals surface area contributed by atoms with E-state index in [1.807, 2.05) is 6.92 Å². The minimum Gasteiger partial charge on any atom is -0.483 e. The zero-order chi connectivity index (χ0) is 24.2. The first-order chi connectivity index (χ1) is 14.8. The Morgan fingerprint density at radius 1 is 0.938 bits per heavy atom. The Balaban J connectivity index is 2.51. The number of ether oxygens (including phenoxy) is 2. The van der Waals surface area contributed by atoms with E-state index in [0.29, 0.717) is 12.5 Å². The van der Waals surface area contributed by atoms with Crippen LogP contribution in [0.25, 0.3) is 0 Å². The van der Waals surface area contributed by atoms with Crippen molar-refractivity contribution >= 4 is 15.7 Å². The molecule has 0 heterocycles. The summed E-state index contributed by atoms with van der Waals surface area (Å²) in [6.07, 6.45) is -9.05. The van der Waals surface area contributed by atoms with Crippen LogP contribution in [0.5, 0.6) is 11.5 Å². The Kier molecular flexibility index (Phi) is 7.50. The van der Waals surface area contributed by atoms with Gasteiger partial charge in [0.1, 0.15) is 22.3 Å². The molecule has 32 heavy (non-hydrogen) atoms. The number of alkyl halides is 6. The van der Waals surface area contributed by atoms with E-state index in [1.165, 1.54) is 18.2 Å². The third-order valence-electron chi connectivity index (χ3n) is 3.87. The third-order valence-corrected chi connectivity index (χ3v) is 5.28. The van der Waals surface area contributed by atoms with Crippen molar-refractivity contribution in [2.24, 2.45) is 0 Å². The molecule has 0 aliphatic carbocycles. The molecule has 2 aromatic rings. The molecule has 0 bridgehead atoms. The van der Waals surface area contributed by atoms with Gasteiger partial charge in [0, 0.05) is 5.69 Å². The van der Waals surface area contributed by atoms with Crippen molar-refractivity contribution in [2.75, 3.05) is 17.9 Å². The van der Waals surface area contributed by atoms with Crippen LogP contribution in [0.2, 0.25) is 0 Å². The summed E-state index contributed by atoms with van der Waals surface area (Å²) in [5.41, 5.74) is 0.0302. The van der Waals surface area contributed by atoms with Gasteiger partial charge < -0.3 is 9.47 Å². The van der Waals surface area contributed by atoms with Crippen molar-refractivity contribution in [3.05, 3.63) is 47.5 Å². The number of nitrogens with one attached hydrogen (secondary N) is 1. The Hall–Kier alpha value is -3.14. The average molecular weight is 482 g/mol. The number of nitriles is 1. The molecule has 1 N–H and O–H groups in total. The molecule has 0 unspecified atom stereocenters. The number of nitrogens with zero attached hydrogens (tertiary/aromatic N) is 1. The zero-order valence-electron chi connectivity index (χ0n) is 16.3. The molecular formula is C19H16F6N2O4S. The van der Waals surface area contributed by atoms with Gasteiger partial charge in [0.2, 0.25) is 0 Å². The Bertz CT molecular complexity index is 1090. The van der Waals surface area contributed by atoms with Crippen LogP contribution < -0.4 is 14.2 Å². The fraction of sp³-hybridized carbons (Fsp3) is 0.316. The molecule has 13 heteroatoms. The highest BCUT2D eigenvalue weighted by molar-refractivity contribution is 7.92. The van der Waals surface area contributed by atoms with Crippen molar-refractivity contribution in [2.45, 2.75) is 30.6 Å². The highest BCUT2D eigenvalue weighted by atomic mass is 32.2. The summed E-state index contributed by atoms with van der Waals surface area (Å²) in [4.78, 5) is -0.878. The van der Waals surface area contributed by atoms with E-state index in [-0.39, 0.29) is 5.69 Å². The van der Waals surface area contributed by atoms with Crippen molar-refractivity contribution in [1.82, 2.24) is 0 Å². The molecule has 0 aromatic heterocycles. The maximum atomic E-state index is 12.8. The molecule has 0 saturated heterocycles. The largest absolute Gasteiger partial charge is 0.483 e. The second kappa shape index (κ2) is 9.56. The second-order valence-electron chi connectivity index (χ2n) is 6.34. The number of anilines is 1. The fourth-order valence-corrected chi connectivity index (χ4v) is 3.67. The first kappa shape index (κ1) is 25.1. The summed E-state index contributed by atoms with van der Waals surface area (Å²) in [6, 6.07) is 8.85. The average Bonchev–Trinajstić information content (AvgIpc) is 2.69. The number of benzene rings is 2. The van der Waals surface area contributed by atoms with Crippen molar-refractivity contribution in [3.63, 3.8) is 0 Å². The van der Waals surface area contributed by atoms with Crippen molar-refractivity contribution in [1.29, 1.82) is 5.26 Å². The van der Waals surface area contributed by atoms with Crippen LogP contribution in [0, 0.1) is 11.3 Å². The lowest BCUT2D eigenvalue weighted by Crippen LogP contribution is -2.23. The summed E-state index contributed by atoms with van der Waals surface area (Å²) in [6.45, 7) is -1.97. The lowest BCUT2D eigenvalue weighted by Gasteiger charge is -2.18. The van der Waals surface area contributed by atoms with Gasteiger partial charge in [-0.3, -0.25) is 4.72 Å². The first-order valence-corrected chi connectivity index (χ1v) is 10.3. The monoisotopic (exact) mass is 482 g/mol. The topological polar surface area (TPSA) is 88.4 Å². The van der Waals surface area contributed by atoms with E-state index in [2.05, 4.69) is 14.2 Å². The van der Waals surface area contributed by atoms with Crippen molar-refractivity contribution < 1.29 is 44.2 Å². The predicted octanol–water partition coefficient (Wildman–Crippen LogP) is 4.80. The number of halogens is 6. The number of hydrogen-bond acceptors (Lipinski definition) is 5. The lowest BCUT2D eigenvalue weighted by atomic mass is 10.2. The van der Waals surface area contributed by atoms with Gasteiger partial charge in [0.05, 0.1) is 0 Å².